The lowest BCUT2D eigenvalue weighted by Gasteiger charge is -2.30. The van der Waals surface area contributed by atoms with Gasteiger partial charge in [-0.2, -0.15) is 0 Å². The van der Waals surface area contributed by atoms with Crippen molar-refractivity contribution in [2.24, 2.45) is 5.73 Å². The predicted molar refractivity (Wildman–Crippen MR) is 63.3 cm³/mol. The van der Waals surface area contributed by atoms with Crippen LogP contribution in [0.5, 0.6) is 0 Å². The van der Waals surface area contributed by atoms with E-state index >= 15 is 0 Å². The molecule has 0 saturated carbocycles. The lowest BCUT2D eigenvalue weighted by Crippen LogP contribution is -2.45. The molecule has 0 bridgehead atoms. The number of hydrogen-bond donors (Lipinski definition) is 1. The first-order valence-electron chi connectivity index (χ1n) is 5.81. The van der Waals surface area contributed by atoms with Gasteiger partial charge in [0.05, 0.1) is 13.7 Å². The van der Waals surface area contributed by atoms with E-state index < -0.39 is 5.97 Å². The molecule has 1 saturated heterocycles. The van der Waals surface area contributed by atoms with Gasteiger partial charge < -0.3 is 15.4 Å². The Morgan fingerprint density at radius 2 is 2.00 bits per heavy atom. The van der Waals surface area contributed by atoms with Crippen LogP contribution >= 0.6 is 0 Å². The van der Waals surface area contributed by atoms with Gasteiger partial charge >= 0.3 is 5.97 Å². The predicted octanol–water partition coefficient (Wildman–Crippen LogP) is -0.959. The normalized spacial score (nSPS) is 17.8. The van der Waals surface area contributed by atoms with Crippen LogP contribution < -0.4 is 5.73 Å². The summed E-state index contributed by atoms with van der Waals surface area (Å²) in [7, 11) is 2.92. The molecule has 1 rings (SSSR count). The van der Waals surface area contributed by atoms with Gasteiger partial charge in [-0.3, -0.25) is 14.5 Å². The number of ether oxygens (including phenoxy) is 1. The van der Waals surface area contributed by atoms with E-state index in [0.717, 1.165) is 25.9 Å². The van der Waals surface area contributed by atoms with Crippen LogP contribution in [0.2, 0.25) is 0 Å². The molecule has 0 radical (unpaired) electrons. The molecule has 1 amide bonds. The number of carbonyl (C=O) groups excluding carboxylic acids is 2. The van der Waals surface area contributed by atoms with E-state index in [0.29, 0.717) is 6.54 Å². The van der Waals surface area contributed by atoms with Gasteiger partial charge in [0.15, 0.2) is 0 Å². The van der Waals surface area contributed by atoms with Gasteiger partial charge in [0.25, 0.3) is 0 Å². The third kappa shape index (κ3) is 4.70. The van der Waals surface area contributed by atoms with Crippen molar-refractivity contribution in [2.45, 2.75) is 18.9 Å². The number of carbonyl (C=O) groups is 2. The second-order valence-electron chi connectivity index (χ2n) is 4.44. The monoisotopic (exact) mass is 243 g/mol. The summed E-state index contributed by atoms with van der Waals surface area (Å²) in [5, 5.41) is 0. The summed E-state index contributed by atoms with van der Waals surface area (Å²) in [6, 6.07) is 0.258. The van der Waals surface area contributed by atoms with Crippen molar-refractivity contribution in [1.29, 1.82) is 0 Å². The van der Waals surface area contributed by atoms with E-state index in [1.807, 2.05) is 0 Å². The Bertz CT molecular complexity index is 275. The van der Waals surface area contributed by atoms with Gasteiger partial charge in [-0.25, -0.2) is 0 Å². The summed E-state index contributed by atoms with van der Waals surface area (Å²) < 4.78 is 4.51. The molecule has 0 spiro atoms. The van der Waals surface area contributed by atoms with Gasteiger partial charge in [0, 0.05) is 26.2 Å². The van der Waals surface area contributed by atoms with Crippen LogP contribution in [0, 0.1) is 0 Å². The molecule has 1 aliphatic heterocycles. The van der Waals surface area contributed by atoms with Gasteiger partial charge in [-0.05, 0) is 12.8 Å². The second-order valence-corrected chi connectivity index (χ2v) is 4.44. The highest BCUT2D eigenvalue weighted by molar-refractivity contribution is 5.83. The number of piperidine rings is 1. The Morgan fingerprint density at radius 1 is 1.41 bits per heavy atom. The number of likely N-dealkylation sites (tertiary alicyclic amines) is 1. The molecule has 1 aliphatic rings. The molecule has 6 nitrogen and oxygen atoms in total. The highest BCUT2D eigenvalue weighted by Gasteiger charge is 2.20. The largest absolute Gasteiger partial charge is 0.468 e. The fourth-order valence-electron chi connectivity index (χ4n) is 1.77. The quantitative estimate of drug-likeness (QED) is 0.644. The molecule has 1 fully saturated rings. The maximum Gasteiger partial charge on any atom is 0.325 e. The van der Waals surface area contributed by atoms with Crippen LogP contribution in [0.1, 0.15) is 12.8 Å². The smallest absolute Gasteiger partial charge is 0.325 e. The van der Waals surface area contributed by atoms with Crippen molar-refractivity contribution in [2.75, 3.05) is 40.3 Å². The van der Waals surface area contributed by atoms with E-state index in [1.54, 1.807) is 7.05 Å². The summed E-state index contributed by atoms with van der Waals surface area (Å²) in [5.74, 6) is -0.465. The number of nitrogens with two attached hydrogens (primary N) is 1. The standard InChI is InChI=1S/C11H21N3O3/c1-13(8-11(16)17-2)10(15)7-14-5-3-9(12)4-6-14/h9H,3-8,12H2,1-2H3. The third-order valence-corrected chi connectivity index (χ3v) is 3.01. The van der Waals surface area contributed by atoms with E-state index in [4.69, 9.17) is 5.73 Å². The Labute approximate surface area is 102 Å². The van der Waals surface area contributed by atoms with Crippen LogP contribution in [0.4, 0.5) is 0 Å². The van der Waals surface area contributed by atoms with E-state index in [9.17, 15) is 9.59 Å². The molecule has 2 N–H and O–H groups in total. The van der Waals surface area contributed by atoms with Crippen molar-refractivity contribution in [3.63, 3.8) is 0 Å². The average molecular weight is 243 g/mol. The lowest BCUT2D eigenvalue weighted by atomic mass is 10.1. The van der Waals surface area contributed by atoms with Crippen LogP contribution in [0.15, 0.2) is 0 Å². The van der Waals surface area contributed by atoms with E-state index in [-0.39, 0.29) is 18.5 Å². The molecular formula is C11H21N3O3. The molecule has 6 heteroatoms. The molecule has 1 heterocycles. The van der Waals surface area contributed by atoms with Gasteiger partial charge in [0.2, 0.25) is 5.91 Å². The summed E-state index contributed by atoms with van der Waals surface area (Å²) in [4.78, 5) is 26.3. The fraction of sp³-hybridized carbons (Fsp3) is 0.818. The molecular weight excluding hydrogens is 222 g/mol. The van der Waals surface area contributed by atoms with Crippen molar-refractivity contribution in [3.8, 4) is 0 Å². The van der Waals surface area contributed by atoms with Gasteiger partial charge in [0.1, 0.15) is 6.54 Å². The number of hydrogen-bond acceptors (Lipinski definition) is 5. The van der Waals surface area contributed by atoms with Gasteiger partial charge in [-0.1, -0.05) is 0 Å². The van der Waals surface area contributed by atoms with Crippen molar-refractivity contribution >= 4 is 11.9 Å². The first-order chi connectivity index (χ1) is 8.02. The van der Waals surface area contributed by atoms with Crippen molar-refractivity contribution in [1.82, 2.24) is 9.80 Å². The highest BCUT2D eigenvalue weighted by atomic mass is 16.5. The average Bonchev–Trinajstić information content (AvgIpc) is 2.31. The zero-order valence-corrected chi connectivity index (χ0v) is 10.5. The first kappa shape index (κ1) is 13.9. The summed E-state index contributed by atoms with van der Waals surface area (Å²) >= 11 is 0. The van der Waals surface area contributed by atoms with Crippen molar-refractivity contribution in [3.05, 3.63) is 0 Å². The number of rotatable bonds is 4. The number of esters is 1. The van der Waals surface area contributed by atoms with E-state index in [2.05, 4.69) is 9.64 Å². The summed E-state index contributed by atoms with van der Waals surface area (Å²) in [6.07, 6.45) is 1.85. The van der Waals surface area contributed by atoms with Crippen LogP contribution in [-0.2, 0) is 14.3 Å². The van der Waals surface area contributed by atoms with E-state index in [1.165, 1.54) is 12.0 Å². The summed E-state index contributed by atoms with van der Waals surface area (Å²) in [5.41, 5.74) is 5.79. The SMILES string of the molecule is COC(=O)CN(C)C(=O)CN1CCC(N)CC1. The molecule has 0 aromatic rings. The minimum Gasteiger partial charge on any atom is -0.468 e. The highest BCUT2D eigenvalue weighted by Crippen LogP contribution is 2.07. The minimum atomic E-state index is -0.401. The van der Waals surface area contributed by atoms with Crippen LogP contribution in [0.3, 0.4) is 0 Å². The van der Waals surface area contributed by atoms with Gasteiger partial charge in [-0.15, -0.1) is 0 Å². The molecule has 0 aliphatic carbocycles. The molecule has 17 heavy (non-hydrogen) atoms. The zero-order valence-electron chi connectivity index (χ0n) is 10.5. The zero-order chi connectivity index (χ0) is 12.8. The Balaban J connectivity index is 2.30. The Kier molecular flexibility index (Phi) is 5.37. The Morgan fingerprint density at radius 3 is 2.53 bits per heavy atom. The number of methoxy groups -OCH3 is 1. The third-order valence-electron chi connectivity index (χ3n) is 3.01. The van der Waals surface area contributed by atoms with Crippen LogP contribution in [0.25, 0.3) is 0 Å². The number of amides is 1. The minimum absolute atomic E-state index is 0.00267. The lowest BCUT2D eigenvalue weighted by molar-refractivity contribution is -0.146. The first-order valence-corrected chi connectivity index (χ1v) is 5.81. The van der Waals surface area contributed by atoms with Crippen LogP contribution in [-0.4, -0.2) is 68.1 Å². The maximum absolute atomic E-state index is 11.8. The molecule has 0 atom stereocenters. The summed E-state index contributed by atoms with van der Waals surface area (Å²) in [6.45, 7) is 2.04. The fourth-order valence-corrected chi connectivity index (χ4v) is 1.77. The van der Waals surface area contributed by atoms with Crippen molar-refractivity contribution < 1.29 is 14.3 Å². The molecule has 0 aromatic carbocycles. The Hall–Kier alpha value is -1.14. The maximum atomic E-state index is 11.8. The molecule has 0 unspecified atom stereocenters. The number of nitrogens with zero attached hydrogens (tertiary/aromatic N) is 2. The molecule has 0 aromatic heterocycles. The second kappa shape index (κ2) is 6.56. The topological polar surface area (TPSA) is 75.9 Å². The number of likely N-dealkylation sites (N-methyl/N-ethyl adjacent to an activating group) is 1. The molecule has 98 valence electrons.